The Hall–Kier alpha value is -4.35. The van der Waals surface area contributed by atoms with E-state index in [1.54, 1.807) is 37.3 Å². The summed E-state index contributed by atoms with van der Waals surface area (Å²) in [4.78, 5) is 17.8. The van der Waals surface area contributed by atoms with Crippen LogP contribution in [0.5, 0.6) is 5.75 Å². The highest BCUT2D eigenvalue weighted by Gasteiger charge is 2.33. The van der Waals surface area contributed by atoms with E-state index in [2.05, 4.69) is 9.72 Å². The molecular weight excluding hydrogens is 557 g/mol. The third kappa shape index (κ3) is 8.82. The van der Waals surface area contributed by atoms with Crippen LogP contribution in [0.1, 0.15) is 30.0 Å². The molecular formula is C29H25F7N2O3. The third-order valence-corrected chi connectivity index (χ3v) is 5.55. The zero-order chi connectivity index (χ0) is 30.2. The van der Waals surface area contributed by atoms with Crippen molar-refractivity contribution in [3.8, 4) is 5.75 Å². The SMILES string of the molecule is CC/C=C(/C=C(/c1cc(F)cc(OC(F)(F)CF)c1)N(C)c1cncc(C(F)(F)F)c1)C(=O)OCc1ccccc1. The maximum absolute atomic E-state index is 14.6. The molecule has 1 heterocycles. The Balaban J connectivity index is 2.12. The predicted molar refractivity (Wildman–Crippen MR) is 138 cm³/mol. The van der Waals surface area contributed by atoms with Gasteiger partial charge >= 0.3 is 18.3 Å². The van der Waals surface area contributed by atoms with Crippen LogP contribution in [-0.2, 0) is 22.3 Å². The number of nitrogens with zero attached hydrogens (tertiary/aromatic N) is 2. The van der Waals surface area contributed by atoms with Crippen LogP contribution in [0.4, 0.5) is 36.4 Å². The number of rotatable bonds is 11. The Kier molecular flexibility index (Phi) is 10.1. The number of halogens is 7. The highest BCUT2D eigenvalue weighted by molar-refractivity contribution is 5.95. The smallest absolute Gasteiger partial charge is 0.427 e. The number of aromatic nitrogens is 1. The number of carbonyl (C=O) groups excluding carboxylic acids is 1. The van der Waals surface area contributed by atoms with Crippen LogP contribution >= 0.6 is 0 Å². The average Bonchev–Trinajstić information content (AvgIpc) is 2.93. The van der Waals surface area contributed by atoms with E-state index in [4.69, 9.17) is 4.74 Å². The van der Waals surface area contributed by atoms with Crippen LogP contribution in [-0.4, -0.2) is 30.8 Å². The van der Waals surface area contributed by atoms with Crippen molar-refractivity contribution < 1.29 is 45.0 Å². The van der Waals surface area contributed by atoms with Crippen LogP contribution in [0, 0.1) is 5.82 Å². The molecule has 0 bridgehead atoms. The van der Waals surface area contributed by atoms with Crippen molar-refractivity contribution in [2.24, 2.45) is 0 Å². The Bertz CT molecular complexity index is 1410. The van der Waals surface area contributed by atoms with Crippen molar-refractivity contribution in [1.82, 2.24) is 4.98 Å². The summed E-state index contributed by atoms with van der Waals surface area (Å²) in [5, 5.41) is 0. The van der Waals surface area contributed by atoms with E-state index in [9.17, 15) is 35.5 Å². The highest BCUT2D eigenvalue weighted by atomic mass is 19.4. The lowest BCUT2D eigenvalue weighted by molar-refractivity contribution is -0.186. The van der Waals surface area contributed by atoms with Crippen molar-refractivity contribution in [1.29, 1.82) is 0 Å². The quantitative estimate of drug-likeness (QED) is 0.100. The van der Waals surface area contributed by atoms with Crippen LogP contribution in [0.25, 0.3) is 5.70 Å². The van der Waals surface area contributed by atoms with Crippen molar-refractivity contribution in [3.63, 3.8) is 0 Å². The molecule has 0 spiro atoms. The minimum atomic E-state index is -4.74. The average molecular weight is 583 g/mol. The molecule has 0 atom stereocenters. The lowest BCUT2D eigenvalue weighted by atomic mass is 10.1. The minimum Gasteiger partial charge on any atom is -0.457 e. The Morgan fingerprint density at radius 2 is 1.73 bits per heavy atom. The molecule has 0 aliphatic carbocycles. The predicted octanol–water partition coefficient (Wildman–Crippen LogP) is 7.74. The number of carbonyl (C=O) groups is 1. The van der Waals surface area contributed by atoms with E-state index in [1.807, 2.05) is 0 Å². The first kappa shape index (κ1) is 31.2. The van der Waals surface area contributed by atoms with E-state index in [0.29, 0.717) is 24.2 Å². The molecule has 0 aliphatic heterocycles. The molecule has 3 rings (SSSR count). The lowest BCUT2D eigenvalue weighted by Crippen LogP contribution is -2.27. The summed E-state index contributed by atoms with van der Waals surface area (Å²) in [5.74, 6) is -2.63. The second-order valence-electron chi connectivity index (χ2n) is 8.70. The molecule has 1 aromatic heterocycles. The topological polar surface area (TPSA) is 51.7 Å². The molecule has 0 saturated carbocycles. The van der Waals surface area contributed by atoms with Gasteiger partial charge in [-0.1, -0.05) is 43.3 Å². The van der Waals surface area contributed by atoms with Crippen molar-refractivity contribution in [3.05, 3.63) is 107 Å². The highest BCUT2D eigenvalue weighted by Crippen LogP contribution is 2.34. The standard InChI is InChI=1S/C29H25F7N2O3/c1-3-7-20(27(39)40-17-19-8-5-4-6-9-19)12-26(38(2)24-13-22(15-37-16-24)29(34,35)36)21-10-23(31)14-25(11-21)41-28(32,33)18-30/h4-16H,3,17-18H2,1-2H3/b20-7-,26-12-. The zero-order valence-corrected chi connectivity index (χ0v) is 21.9. The molecule has 41 heavy (non-hydrogen) atoms. The number of hydrogen-bond donors (Lipinski definition) is 0. The molecule has 12 heteroatoms. The molecule has 0 fully saturated rings. The largest absolute Gasteiger partial charge is 0.457 e. The summed E-state index contributed by atoms with van der Waals surface area (Å²) in [6.45, 7) is -0.562. The van der Waals surface area contributed by atoms with E-state index in [1.165, 1.54) is 19.2 Å². The van der Waals surface area contributed by atoms with Gasteiger partial charge in [0.05, 0.1) is 23.0 Å². The molecule has 2 aromatic carbocycles. The van der Waals surface area contributed by atoms with Gasteiger partial charge in [0.2, 0.25) is 0 Å². The van der Waals surface area contributed by atoms with Crippen molar-refractivity contribution in [2.45, 2.75) is 32.2 Å². The summed E-state index contributed by atoms with van der Waals surface area (Å²) in [7, 11) is 1.31. The maximum Gasteiger partial charge on any atom is 0.427 e. The lowest BCUT2D eigenvalue weighted by Gasteiger charge is -2.25. The fourth-order valence-corrected chi connectivity index (χ4v) is 3.62. The monoisotopic (exact) mass is 582 g/mol. The summed E-state index contributed by atoms with van der Waals surface area (Å²) < 4.78 is 104. The van der Waals surface area contributed by atoms with Gasteiger partial charge in [-0.15, -0.1) is 0 Å². The molecule has 0 N–H and O–H groups in total. The van der Waals surface area contributed by atoms with E-state index in [0.717, 1.165) is 29.3 Å². The van der Waals surface area contributed by atoms with Gasteiger partial charge in [-0.25, -0.2) is 13.6 Å². The molecule has 218 valence electrons. The van der Waals surface area contributed by atoms with Gasteiger partial charge in [0.25, 0.3) is 0 Å². The van der Waals surface area contributed by atoms with Gasteiger partial charge in [-0.05, 0) is 36.3 Å². The molecule has 3 aromatic rings. The van der Waals surface area contributed by atoms with Crippen molar-refractivity contribution in [2.75, 3.05) is 18.6 Å². The van der Waals surface area contributed by atoms with E-state index >= 15 is 0 Å². The molecule has 0 aliphatic rings. The Labute approximate surface area is 231 Å². The normalized spacial score (nSPS) is 12.7. The number of anilines is 1. The number of ether oxygens (including phenoxy) is 2. The summed E-state index contributed by atoms with van der Waals surface area (Å²) in [5.41, 5.74) is -0.846. The summed E-state index contributed by atoms with van der Waals surface area (Å²) in [6.07, 6.45) is -4.29. The van der Waals surface area contributed by atoms with Gasteiger partial charge in [0, 0.05) is 30.6 Å². The third-order valence-electron chi connectivity index (χ3n) is 5.55. The van der Waals surface area contributed by atoms with Crippen LogP contribution in [0.3, 0.4) is 0 Å². The number of hydrogen-bond acceptors (Lipinski definition) is 5. The first-order valence-corrected chi connectivity index (χ1v) is 12.2. The molecule has 0 saturated heterocycles. The van der Waals surface area contributed by atoms with Gasteiger partial charge in [-0.2, -0.15) is 22.0 Å². The van der Waals surface area contributed by atoms with Crippen LogP contribution < -0.4 is 9.64 Å². The van der Waals surface area contributed by atoms with Crippen LogP contribution in [0.2, 0.25) is 0 Å². The molecule has 0 radical (unpaired) electrons. The Morgan fingerprint density at radius 3 is 2.37 bits per heavy atom. The first-order valence-electron chi connectivity index (χ1n) is 12.2. The summed E-state index contributed by atoms with van der Waals surface area (Å²) >= 11 is 0. The second kappa shape index (κ2) is 13.3. The first-order chi connectivity index (χ1) is 19.3. The van der Waals surface area contributed by atoms with Gasteiger partial charge in [-0.3, -0.25) is 4.98 Å². The molecule has 0 amide bonds. The zero-order valence-electron chi connectivity index (χ0n) is 21.9. The summed E-state index contributed by atoms with van der Waals surface area (Å²) in [6, 6.07) is 11.9. The fraction of sp³-hybridized carbons (Fsp3) is 0.241. The van der Waals surface area contributed by atoms with Crippen LogP contribution in [0.15, 0.2) is 84.7 Å². The fourth-order valence-electron chi connectivity index (χ4n) is 3.62. The van der Waals surface area contributed by atoms with Crippen molar-refractivity contribution >= 4 is 17.4 Å². The number of allylic oxidation sites excluding steroid dienone is 1. The maximum atomic E-state index is 14.6. The van der Waals surface area contributed by atoms with E-state index < -0.39 is 42.1 Å². The van der Waals surface area contributed by atoms with Gasteiger partial charge in [0.15, 0.2) is 6.67 Å². The number of pyridine rings is 1. The number of alkyl halides is 6. The molecule has 0 unspecified atom stereocenters. The second-order valence-corrected chi connectivity index (χ2v) is 8.70. The number of esters is 1. The molecule has 5 nitrogen and oxygen atoms in total. The Morgan fingerprint density at radius 1 is 1.02 bits per heavy atom. The number of benzene rings is 2. The minimum absolute atomic E-state index is 0.0500. The van der Waals surface area contributed by atoms with Gasteiger partial charge < -0.3 is 14.4 Å². The van der Waals surface area contributed by atoms with E-state index in [-0.39, 0.29) is 29.1 Å². The van der Waals surface area contributed by atoms with Gasteiger partial charge in [0.1, 0.15) is 18.2 Å².